The van der Waals surface area contributed by atoms with E-state index in [-0.39, 0.29) is 11.9 Å². The van der Waals surface area contributed by atoms with E-state index in [4.69, 9.17) is 0 Å². The molecule has 1 nitrogen and oxygen atoms in total. The molecule has 0 fully saturated rings. The van der Waals surface area contributed by atoms with E-state index < -0.39 is 0 Å². The van der Waals surface area contributed by atoms with Gasteiger partial charge in [0.15, 0.2) is 0 Å². The molecule has 0 spiro atoms. The van der Waals surface area contributed by atoms with Gasteiger partial charge in [0.25, 0.3) is 0 Å². The summed E-state index contributed by atoms with van der Waals surface area (Å²) >= 11 is 0. The van der Waals surface area contributed by atoms with Crippen LogP contribution in [-0.2, 0) is 0 Å². The molecular weight excluding hydrogens is 249 g/mol. The molecule has 2 aromatic carbocycles. The Bertz CT molecular complexity index is 536. The van der Waals surface area contributed by atoms with Crippen LogP contribution in [0.1, 0.15) is 43.4 Å². The van der Waals surface area contributed by atoms with Gasteiger partial charge in [-0.3, -0.25) is 0 Å². The number of nitrogens with one attached hydrogen (secondary N) is 1. The zero-order valence-corrected chi connectivity index (χ0v) is 12.2. The van der Waals surface area contributed by atoms with Gasteiger partial charge < -0.3 is 5.32 Å². The molecular formula is C18H22FN. The lowest BCUT2D eigenvalue weighted by Crippen LogP contribution is -2.12. The number of halogens is 1. The molecule has 1 N–H and O–H groups in total. The Labute approximate surface area is 120 Å². The second-order valence-electron chi connectivity index (χ2n) is 5.23. The lowest BCUT2D eigenvalue weighted by molar-refractivity contribution is 0.606. The van der Waals surface area contributed by atoms with Crippen LogP contribution in [0.2, 0.25) is 0 Å². The summed E-state index contributed by atoms with van der Waals surface area (Å²) in [6, 6.07) is 15.8. The van der Waals surface area contributed by atoms with Crippen molar-refractivity contribution in [3.05, 3.63) is 65.5 Å². The van der Waals surface area contributed by atoms with Gasteiger partial charge in [-0.05, 0) is 36.6 Å². The third-order valence-corrected chi connectivity index (χ3v) is 3.50. The van der Waals surface area contributed by atoms with Crippen molar-refractivity contribution in [1.82, 2.24) is 0 Å². The van der Waals surface area contributed by atoms with Crippen molar-refractivity contribution in [3.63, 3.8) is 0 Å². The van der Waals surface area contributed by atoms with Crippen LogP contribution in [0.5, 0.6) is 0 Å². The number of hydrogen-bond acceptors (Lipinski definition) is 1. The van der Waals surface area contributed by atoms with E-state index in [1.54, 1.807) is 6.07 Å². The summed E-state index contributed by atoms with van der Waals surface area (Å²) in [5, 5.41) is 3.35. The number of hydrogen-bond donors (Lipinski definition) is 1. The topological polar surface area (TPSA) is 12.0 Å². The minimum Gasteiger partial charge on any atom is -0.376 e. The maximum absolute atomic E-state index is 14.0. The molecule has 0 aliphatic carbocycles. The molecule has 1 atom stereocenters. The molecule has 106 valence electrons. The van der Waals surface area contributed by atoms with Crippen molar-refractivity contribution in [1.29, 1.82) is 0 Å². The van der Waals surface area contributed by atoms with Gasteiger partial charge in [-0.2, -0.15) is 0 Å². The first-order chi connectivity index (χ1) is 9.70. The van der Waals surface area contributed by atoms with Crippen molar-refractivity contribution in [2.24, 2.45) is 0 Å². The van der Waals surface area contributed by atoms with E-state index in [0.29, 0.717) is 5.69 Å². The average Bonchev–Trinajstić information content (AvgIpc) is 2.46. The number of anilines is 1. The minimum atomic E-state index is -0.178. The van der Waals surface area contributed by atoms with E-state index in [2.05, 4.69) is 24.4 Å². The van der Waals surface area contributed by atoms with Crippen molar-refractivity contribution in [3.8, 4) is 0 Å². The van der Waals surface area contributed by atoms with Crippen LogP contribution < -0.4 is 5.32 Å². The van der Waals surface area contributed by atoms with Gasteiger partial charge >= 0.3 is 0 Å². The zero-order valence-electron chi connectivity index (χ0n) is 12.2. The summed E-state index contributed by atoms with van der Waals surface area (Å²) in [7, 11) is 0. The molecule has 2 rings (SSSR count). The Balaban J connectivity index is 2.19. The van der Waals surface area contributed by atoms with Gasteiger partial charge in [0.2, 0.25) is 0 Å². The Hall–Kier alpha value is -1.83. The molecule has 20 heavy (non-hydrogen) atoms. The highest BCUT2D eigenvalue weighted by molar-refractivity contribution is 5.48. The fourth-order valence-electron chi connectivity index (χ4n) is 2.34. The van der Waals surface area contributed by atoms with Gasteiger partial charge in [0.1, 0.15) is 5.82 Å². The van der Waals surface area contributed by atoms with E-state index >= 15 is 0 Å². The van der Waals surface area contributed by atoms with Crippen molar-refractivity contribution in [2.45, 2.75) is 39.2 Å². The quantitative estimate of drug-likeness (QED) is 0.733. The molecule has 0 heterocycles. The van der Waals surface area contributed by atoms with Crippen LogP contribution in [0, 0.1) is 12.7 Å². The summed E-state index contributed by atoms with van der Waals surface area (Å²) in [5.41, 5.74) is 2.74. The fourth-order valence-corrected chi connectivity index (χ4v) is 2.34. The first kappa shape index (κ1) is 14.6. The highest BCUT2D eigenvalue weighted by Gasteiger charge is 2.12. The minimum absolute atomic E-state index is 0.161. The molecule has 2 aromatic rings. The largest absolute Gasteiger partial charge is 0.376 e. The second kappa shape index (κ2) is 7.09. The van der Waals surface area contributed by atoms with Gasteiger partial charge in [0, 0.05) is 0 Å². The van der Waals surface area contributed by atoms with Crippen LogP contribution in [-0.4, -0.2) is 0 Å². The van der Waals surface area contributed by atoms with Crippen molar-refractivity contribution in [2.75, 3.05) is 5.32 Å². The lowest BCUT2D eigenvalue weighted by atomic mass is 10.0. The number of rotatable bonds is 6. The molecule has 0 amide bonds. The van der Waals surface area contributed by atoms with Crippen molar-refractivity contribution < 1.29 is 4.39 Å². The summed E-state index contributed by atoms with van der Waals surface area (Å²) in [4.78, 5) is 0. The number of benzene rings is 2. The fraction of sp³-hybridized carbons (Fsp3) is 0.333. The van der Waals surface area contributed by atoms with Crippen LogP contribution in [0.15, 0.2) is 48.5 Å². The Morgan fingerprint density at radius 1 is 1.10 bits per heavy atom. The molecule has 1 unspecified atom stereocenters. The highest BCUT2D eigenvalue weighted by atomic mass is 19.1. The highest BCUT2D eigenvalue weighted by Crippen LogP contribution is 2.26. The Kier molecular flexibility index (Phi) is 5.16. The predicted molar refractivity (Wildman–Crippen MR) is 83.5 cm³/mol. The predicted octanol–water partition coefficient (Wildman–Crippen LogP) is 5.48. The molecule has 0 aliphatic heterocycles. The molecule has 0 aromatic heterocycles. The zero-order chi connectivity index (χ0) is 14.4. The Morgan fingerprint density at radius 2 is 1.85 bits per heavy atom. The standard InChI is InChI=1S/C18H22FN/c1-3-4-10-17(15-8-6-5-7-9-15)20-18-12-11-14(2)13-16(18)19/h5-9,11-13,17,20H,3-4,10H2,1-2H3. The van der Waals surface area contributed by atoms with Crippen LogP contribution in [0.25, 0.3) is 0 Å². The maximum atomic E-state index is 14.0. The summed E-state index contributed by atoms with van der Waals surface area (Å²) in [6.45, 7) is 4.08. The smallest absolute Gasteiger partial charge is 0.146 e. The first-order valence-corrected chi connectivity index (χ1v) is 7.28. The van der Waals surface area contributed by atoms with E-state index in [1.807, 2.05) is 37.3 Å². The lowest BCUT2D eigenvalue weighted by Gasteiger charge is -2.21. The van der Waals surface area contributed by atoms with E-state index in [0.717, 1.165) is 24.8 Å². The van der Waals surface area contributed by atoms with E-state index in [9.17, 15) is 4.39 Å². The molecule has 0 radical (unpaired) electrons. The monoisotopic (exact) mass is 271 g/mol. The van der Waals surface area contributed by atoms with Gasteiger partial charge in [-0.25, -0.2) is 4.39 Å². The second-order valence-corrected chi connectivity index (χ2v) is 5.23. The Morgan fingerprint density at radius 3 is 2.50 bits per heavy atom. The molecule has 0 saturated carbocycles. The average molecular weight is 271 g/mol. The summed E-state index contributed by atoms with van der Waals surface area (Å²) < 4.78 is 14.0. The summed E-state index contributed by atoms with van der Waals surface area (Å²) in [6.07, 6.45) is 3.27. The van der Waals surface area contributed by atoms with Crippen molar-refractivity contribution >= 4 is 5.69 Å². The van der Waals surface area contributed by atoms with Crippen LogP contribution in [0.4, 0.5) is 10.1 Å². The normalized spacial score (nSPS) is 12.2. The third-order valence-electron chi connectivity index (χ3n) is 3.50. The number of aryl methyl sites for hydroxylation is 1. The summed E-state index contributed by atoms with van der Waals surface area (Å²) in [5.74, 6) is -0.178. The van der Waals surface area contributed by atoms with Crippen LogP contribution in [0.3, 0.4) is 0 Å². The SMILES string of the molecule is CCCCC(Nc1ccc(C)cc1F)c1ccccc1. The first-order valence-electron chi connectivity index (χ1n) is 7.28. The molecule has 0 bridgehead atoms. The van der Waals surface area contributed by atoms with Gasteiger partial charge in [-0.1, -0.05) is 56.2 Å². The third kappa shape index (κ3) is 3.83. The molecule has 0 saturated heterocycles. The molecule has 0 aliphatic rings. The molecule has 2 heteroatoms. The van der Waals surface area contributed by atoms with Gasteiger partial charge in [0.05, 0.1) is 11.7 Å². The van der Waals surface area contributed by atoms with Crippen LogP contribution >= 0.6 is 0 Å². The van der Waals surface area contributed by atoms with E-state index in [1.165, 1.54) is 5.56 Å². The number of unbranched alkanes of at least 4 members (excludes halogenated alkanes) is 1. The maximum Gasteiger partial charge on any atom is 0.146 e. The van der Waals surface area contributed by atoms with Gasteiger partial charge in [-0.15, -0.1) is 0 Å².